The molecule has 1 fully saturated rings. The number of aromatic nitrogens is 1. The number of furan rings is 1. The Bertz CT molecular complexity index is 1110. The second-order valence-corrected chi connectivity index (χ2v) is 7.54. The molecule has 0 aliphatic carbocycles. The number of hydrogen-bond donors (Lipinski definition) is 1. The van der Waals surface area contributed by atoms with Gasteiger partial charge in [-0.2, -0.15) is 0 Å². The Hall–Kier alpha value is -4.01. The zero-order valence-electron chi connectivity index (χ0n) is 17.3. The molecule has 4 heterocycles. The maximum absolute atomic E-state index is 12.6. The van der Waals surface area contributed by atoms with Crippen LogP contribution in [0.15, 0.2) is 59.3 Å². The molecule has 1 aromatic carbocycles. The lowest BCUT2D eigenvalue weighted by atomic mass is 10.2. The molecule has 32 heavy (non-hydrogen) atoms. The highest BCUT2D eigenvalue weighted by molar-refractivity contribution is 6.04. The van der Waals surface area contributed by atoms with Gasteiger partial charge in [-0.05, 0) is 48.9 Å². The molecule has 0 radical (unpaired) electrons. The zero-order valence-corrected chi connectivity index (χ0v) is 17.3. The number of amides is 2. The Balaban J connectivity index is 1.20. The van der Waals surface area contributed by atoms with Gasteiger partial charge in [0.2, 0.25) is 6.79 Å². The van der Waals surface area contributed by atoms with E-state index in [9.17, 15) is 9.59 Å². The molecule has 2 aliphatic heterocycles. The number of fused-ring (bicyclic) bond motifs is 1. The van der Waals surface area contributed by atoms with E-state index >= 15 is 0 Å². The summed E-state index contributed by atoms with van der Waals surface area (Å²) in [4.78, 5) is 33.5. The first-order valence-electron chi connectivity index (χ1n) is 10.4. The molecular weight excluding hydrogens is 412 g/mol. The predicted molar refractivity (Wildman–Crippen MR) is 116 cm³/mol. The minimum atomic E-state index is -0.250. The summed E-state index contributed by atoms with van der Waals surface area (Å²) in [5.74, 6) is 2.02. The van der Waals surface area contributed by atoms with Gasteiger partial charge in [0.05, 0.1) is 18.1 Å². The minimum Gasteiger partial charge on any atom is -0.459 e. The Morgan fingerprint density at radius 2 is 1.88 bits per heavy atom. The Kier molecular flexibility index (Phi) is 5.37. The van der Waals surface area contributed by atoms with Gasteiger partial charge in [0.1, 0.15) is 5.82 Å². The first-order chi connectivity index (χ1) is 15.7. The highest BCUT2D eigenvalue weighted by Crippen LogP contribution is 2.32. The van der Waals surface area contributed by atoms with Gasteiger partial charge in [-0.15, -0.1) is 0 Å². The van der Waals surface area contributed by atoms with Gasteiger partial charge < -0.3 is 29.0 Å². The summed E-state index contributed by atoms with van der Waals surface area (Å²) in [6, 6.07) is 12.2. The number of hydrogen-bond acceptors (Lipinski definition) is 7. The monoisotopic (exact) mass is 434 g/mol. The molecule has 0 bridgehead atoms. The molecule has 2 aliphatic rings. The van der Waals surface area contributed by atoms with E-state index in [2.05, 4.69) is 15.2 Å². The van der Waals surface area contributed by atoms with Crippen LogP contribution in [0.3, 0.4) is 0 Å². The molecule has 2 aromatic heterocycles. The number of pyridine rings is 1. The number of nitrogens with one attached hydrogen (secondary N) is 1. The third-order valence-corrected chi connectivity index (χ3v) is 5.48. The quantitative estimate of drug-likeness (QED) is 0.674. The van der Waals surface area contributed by atoms with E-state index in [0.717, 1.165) is 18.8 Å². The molecule has 1 saturated heterocycles. The summed E-state index contributed by atoms with van der Waals surface area (Å²) < 4.78 is 15.8. The normalized spacial score (nSPS) is 15.4. The number of ether oxygens (including phenoxy) is 2. The summed E-state index contributed by atoms with van der Waals surface area (Å²) in [7, 11) is 0. The van der Waals surface area contributed by atoms with Gasteiger partial charge in [0.25, 0.3) is 11.8 Å². The Morgan fingerprint density at radius 3 is 2.69 bits per heavy atom. The Morgan fingerprint density at radius 1 is 0.969 bits per heavy atom. The average Bonchev–Trinajstić information content (AvgIpc) is 3.46. The van der Waals surface area contributed by atoms with Crippen LogP contribution < -0.4 is 19.7 Å². The number of nitrogens with zero attached hydrogens (tertiary/aromatic N) is 3. The van der Waals surface area contributed by atoms with Crippen LogP contribution in [0.2, 0.25) is 0 Å². The van der Waals surface area contributed by atoms with E-state index in [0.29, 0.717) is 48.1 Å². The van der Waals surface area contributed by atoms with Crippen molar-refractivity contribution in [1.82, 2.24) is 9.88 Å². The number of rotatable bonds is 4. The van der Waals surface area contributed by atoms with Crippen molar-refractivity contribution in [3.8, 4) is 11.5 Å². The molecule has 0 atom stereocenters. The number of benzene rings is 1. The van der Waals surface area contributed by atoms with Crippen molar-refractivity contribution in [2.24, 2.45) is 0 Å². The molecular formula is C23H22N4O5. The maximum Gasteiger partial charge on any atom is 0.289 e. The smallest absolute Gasteiger partial charge is 0.289 e. The fourth-order valence-electron chi connectivity index (χ4n) is 3.79. The van der Waals surface area contributed by atoms with Crippen LogP contribution in [-0.4, -0.2) is 54.7 Å². The molecule has 5 rings (SSSR count). The SMILES string of the molecule is O=C(Nc1ccc(N2CCCN(C(=O)c3ccco3)CC2)nc1)c1ccc2c(c1)OCO2. The highest BCUT2D eigenvalue weighted by Gasteiger charge is 2.22. The number of anilines is 2. The molecule has 9 heteroatoms. The fraction of sp³-hybridized carbons (Fsp3) is 0.261. The van der Waals surface area contributed by atoms with Crippen LogP contribution in [0.1, 0.15) is 27.3 Å². The van der Waals surface area contributed by atoms with Crippen LogP contribution in [0, 0.1) is 0 Å². The molecule has 2 amide bonds. The van der Waals surface area contributed by atoms with Gasteiger partial charge in [-0.1, -0.05) is 0 Å². The lowest BCUT2D eigenvalue weighted by Gasteiger charge is -2.22. The Labute approximate surface area is 184 Å². The molecule has 164 valence electrons. The van der Waals surface area contributed by atoms with Gasteiger partial charge in [-0.3, -0.25) is 9.59 Å². The summed E-state index contributed by atoms with van der Waals surface area (Å²) in [5, 5.41) is 2.85. The topological polar surface area (TPSA) is 97.1 Å². The van der Waals surface area contributed by atoms with Crippen LogP contribution in [0.5, 0.6) is 11.5 Å². The van der Waals surface area contributed by atoms with Crippen LogP contribution in [-0.2, 0) is 0 Å². The van der Waals surface area contributed by atoms with Gasteiger partial charge in [0, 0.05) is 31.7 Å². The van der Waals surface area contributed by atoms with Gasteiger partial charge in [-0.25, -0.2) is 4.98 Å². The standard InChI is InChI=1S/C23H22N4O5/c28-22(16-4-6-18-20(13-16)32-15-31-18)25-17-5-7-21(24-14-17)26-8-2-9-27(11-10-26)23(29)19-3-1-12-30-19/h1,3-7,12-14H,2,8-11,15H2,(H,25,28). The van der Waals surface area contributed by atoms with E-state index in [1.54, 1.807) is 41.4 Å². The van der Waals surface area contributed by atoms with Crippen LogP contribution >= 0.6 is 0 Å². The summed E-state index contributed by atoms with van der Waals surface area (Å²) in [6.07, 6.45) is 3.97. The van der Waals surface area contributed by atoms with E-state index in [4.69, 9.17) is 13.9 Å². The van der Waals surface area contributed by atoms with E-state index in [1.807, 2.05) is 12.1 Å². The van der Waals surface area contributed by atoms with Crippen molar-refractivity contribution < 1.29 is 23.5 Å². The van der Waals surface area contributed by atoms with Crippen molar-refractivity contribution in [1.29, 1.82) is 0 Å². The second kappa shape index (κ2) is 8.62. The van der Waals surface area contributed by atoms with Crippen LogP contribution in [0.25, 0.3) is 0 Å². The minimum absolute atomic E-state index is 0.0913. The predicted octanol–water partition coefficient (Wildman–Crippen LogP) is 3.01. The van der Waals surface area contributed by atoms with Crippen molar-refractivity contribution in [3.05, 3.63) is 66.2 Å². The summed E-state index contributed by atoms with van der Waals surface area (Å²) >= 11 is 0. The maximum atomic E-state index is 12.6. The van der Waals surface area contributed by atoms with E-state index < -0.39 is 0 Å². The highest BCUT2D eigenvalue weighted by atomic mass is 16.7. The lowest BCUT2D eigenvalue weighted by molar-refractivity contribution is 0.0735. The summed E-state index contributed by atoms with van der Waals surface area (Å²) in [6.45, 7) is 2.88. The van der Waals surface area contributed by atoms with Crippen molar-refractivity contribution in [2.45, 2.75) is 6.42 Å². The summed E-state index contributed by atoms with van der Waals surface area (Å²) in [5.41, 5.74) is 1.08. The van der Waals surface area contributed by atoms with Crippen LogP contribution in [0.4, 0.5) is 11.5 Å². The second-order valence-electron chi connectivity index (χ2n) is 7.54. The molecule has 1 N–H and O–H groups in total. The zero-order chi connectivity index (χ0) is 21.9. The van der Waals surface area contributed by atoms with E-state index in [1.165, 1.54) is 6.26 Å². The van der Waals surface area contributed by atoms with Gasteiger partial charge >= 0.3 is 0 Å². The van der Waals surface area contributed by atoms with Crippen molar-refractivity contribution >= 4 is 23.3 Å². The first kappa shape index (κ1) is 19.9. The van der Waals surface area contributed by atoms with E-state index in [-0.39, 0.29) is 18.6 Å². The van der Waals surface area contributed by atoms with Crippen molar-refractivity contribution in [3.63, 3.8) is 0 Å². The first-order valence-corrected chi connectivity index (χ1v) is 10.4. The molecule has 9 nitrogen and oxygen atoms in total. The molecule has 0 saturated carbocycles. The van der Waals surface area contributed by atoms with Crippen molar-refractivity contribution in [2.75, 3.05) is 43.2 Å². The number of carbonyl (C=O) groups excluding carboxylic acids is 2. The molecule has 0 unspecified atom stereocenters. The average molecular weight is 434 g/mol. The lowest BCUT2D eigenvalue weighted by Crippen LogP contribution is -2.35. The third kappa shape index (κ3) is 4.09. The molecule has 3 aromatic rings. The largest absolute Gasteiger partial charge is 0.459 e. The third-order valence-electron chi connectivity index (χ3n) is 5.48. The molecule has 0 spiro atoms. The number of carbonyl (C=O) groups is 2. The fourth-order valence-corrected chi connectivity index (χ4v) is 3.79. The van der Waals surface area contributed by atoms with Gasteiger partial charge in [0.15, 0.2) is 17.3 Å².